The van der Waals surface area contributed by atoms with Crippen molar-refractivity contribution in [3.8, 4) is 11.5 Å². The van der Waals surface area contributed by atoms with Gasteiger partial charge in [-0.05, 0) is 36.8 Å². The van der Waals surface area contributed by atoms with E-state index in [9.17, 15) is 4.79 Å². The van der Waals surface area contributed by atoms with Crippen LogP contribution in [0.5, 0.6) is 11.5 Å². The number of hydrogen-bond donors (Lipinski definition) is 2. The first-order chi connectivity index (χ1) is 13.5. The SMILES string of the molecule is CCOc1ccc(NC(=NC)NCc2ccc(C(=O)N(C)C)cc2)cc1OC.I. The molecule has 1 amide bonds. The van der Waals surface area contributed by atoms with Crippen LogP contribution >= 0.6 is 24.0 Å². The Morgan fingerprint density at radius 2 is 1.79 bits per heavy atom. The summed E-state index contributed by atoms with van der Waals surface area (Å²) >= 11 is 0. The molecule has 158 valence electrons. The highest BCUT2D eigenvalue weighted by Gasteiger charge is 2.09. The molecule has 2 N–H and O–H groups in total. The van der Waals surface area contributed by atoms with Gasteiger partial charge in [0.1, 0.15) is 0 Å². The summed E-state index contributed by atoms with van der Waals surface area (Å²) in [4.78, 5) is 17.8. The van der Waals surface area contributed by atoms with Gasteiger partial charge in [-0.25, -0.2) is 0 Å². The number of carbonyl (C=O) groups is 1. The lowest BCUT2D eigenvalue weighted by molar-refractivity contribution is 0.0827. The van der Waals surface area contributed by atoms with Crippen molar-refractivity contribution in [2.24, 2.45) is 4.99 Å². The van der Waals surface area contributed by atoms with Gasteiger partial charge in [0.25, 0.3) is 5.91 Å². The minimum atomic E-state index is -0.0126. The zero-order valence-corrected chi connectivity index (χ0v) is 19.8. The van der Waals surface area contributed by atoms with Crippen molar-refractivity contribution >= 4 is 41.5 Å². The minimum Gasteiger partial charge on any atom is -0.493 e. The van der Waals surface area contributed by atoms with Crippen molar-refractivity contribution in [3.63, 3.8) is 0 Å². The topological polar surface area (TPSA) is 75.2 Å². The Hall–Kier alpha value is -2.49. The van der Waals surface area contributed by atoms with Gasteiger partial charge in [0.15, 0.2) is 17.5 Å². The molecule has 0 heterocycles. The molecule has 0 fully saturated rings. The quantitative estimate of drug-likeness (QED) is 0.337. The normalized spacial score (nSPS) is 10.6. The second-order valence-electron chi connectivity index (χ2n) is 6.25. The number of aliphatic imine (C=N–C) groups is 1. The van der Waals surface area contributed by atoms with Gasteiger partial charge < -0.3 is 25.0 Å². The summed E-state index contributed by atoms with van der Waals surface area (Å²) in [6.45, 7) is 3.08. The third-order valence-corrected chi connectivity index (χ3v) is 4.02. The Morgan fingerprint density at radius 3 is 2.34 bits per heavy atom. The van der Waals surface area contributed by atoms with Gasteiger partial charge in [-0.3, -0.25) is 9.79 Å². The van der Waals surface area contributed by atoms with Crippen LogP contribution in [0.4, 0.5) is 5.69 Å². The number of halogens is 1. The lowest BCUT2D eigenvalue weighted by Crippen LogP contribution is -2.30. The van der Waals surface area contributed by atoms with Gasteiger partial charge in [0, 0.05) is 45.0 Å². The van der Waals surface area contributed by atoms with E-state index in [0.717, 1.165) is 11.3 Å². The summed E-state index contributed by atoms with van der Waals surface area (Å²) in [6, 6.07) is 13.1. The van der Waals surface area contributed by atoms with Gasteiger partial charge in [0.2, 0.25) is 0 Å². The maximum atomic E-state index is 12.0. The van der Waals surface area contributed by atoms with Gasteiger partial charge in [0.05, 0.1) is 13.7 Å². The number of methoxy groups -OCH3 is 1. The summed E-state index contributed by atoms with van der Waals surface area (Å²) in [5, 5.41) is 6.48. The second kappa shape index (κ2) is 12.2. The minimum absolute atomic E-state index is 0. The summed E-state index contributed by atoms with van der Waals surface area (Å²) in [6.07, 6.45) is 0. The predicted octanol–water partition coefficient (Wildman–Crippen LogP) is 3.60. The molecule has 29 heavy (non-hydrogen) atoms. The Morgan fingerprint density at radius 1 is 1.10 bits per heavy atom. The molecule has 0 saturated heterocycles. The molecule has 2 rings (SSSR count). The molecule has 0 saturated carbocycles. The average Bonchev–Trinajstić information content (AvgIpc) is 2.71. The maximum Gasteiger partial charge on any atom is 0.253 e. The molecule has 0 bridgehead atoms. The number of ether oxygens (including phenoxy) is 2. The van der Waals surface area contributed by atoms with Crippen LogP contribution in [-0.2, 0) is 6.54 Å². The molecule has 0 radical (unpaired) electrons. The van der Waals surface area contributed by atoms with Crippen LogP contribution in [0.1, 0.15) is 22.8 Å². The van der Waals surface area contributed by atoms with E-state index < -0.39 is 0 Å². The van der Waals surface area contributed by atoms with Gasteiger partial charge in [-0.15, -0.1) is 24.0 Å². The van der Waals surface area contributed by atoms with Crippen molar-refractivity contribution in [1.82, 2.24) is 10.2 Å². The van der Waals surface area contributed by atoms with Crippen molar-refractivity contribution in [2.75, 3.05) is 40.2 Å². The van der Waals surface area contributed by atoms with Crippen LogP contribution in [0.25, 0.3) is 0 Å². The second-order valence-corrected chi connectivity index (χ2v) is 6.25. The first kappa shape index (κ1) is 24.5. The molecule has 7 nitrogen and oxygen atoms in total. The van der Waals surface area contributed by atoms with E-state index in [0.29, 0.717) is 36.2 Å². The fraction of sp³-hybridized carbons (Fsp3) is 0.333. The van der Waals surface area contributed by atoms with Gasteiger partial charge >= 0.3 is 0 Å². The lowest BCUT2D eigenvalue weighted by atomic mass is 10.1. The van der Waals surface area contributed by atoms with E-state index in [2.05, 4.69) is 15.6 Å². The predicted molar refractivity (Wildman–Crippen MR) is 128 cm³/mol. The van der Waals surface area contributed by atoms with Crippen molar-refractivity contribution in [3.05, 3.63) is 53.6 Å². The molecule has 0 aromatic heterocycles. The third-order valence-electron chi connectivity index (χ3n) is 4.02. The molecule has 0 aliphatic heterocycles. The number of nitrogens with zero attached hydrogens (tertiary/aromatic N) is 2. The summed E-state index contributed by atoms with van der Waals surface area (Å²) in [7, 11) is 6.80. The summed E-state index contributed by atoms with van der Waals surface area (Å²) < 4.78 is 10.9. The molecule has 8 heteroatoms. The Kier molecular flexibility index (Phi) is 10.3. The van der Waals surface area contributed by atoms with Gasteiger partial charge in [-0.2, -0.15) is 0 Å². The molecular formula is C21H29IN4O3. The molecule has 0 aliphatic rings. The number of hydrogen-bond acceptors (Lipinski definition) is 4. The first-order valence-electron chi connectivity index (χ1n) is 9.07. The molecule has 0 aliphatic carbocycles. The number of anilines is 1. The van der Waals surface area contributed by atoms with E-state index in [1.165, 1.54) is 0 Å². The molecule has 0 unspecified atom stereocenters. The number of benzene rings is 2. The molecule has 2 aromatic rings. The summed E-state index contributed by atoms with van der Waals surface area (Å²) in [5.74, 6) is 1.97. The number of carbonyl (C=O) groups excluding carboxylic acids is 1. The Bertz CT molecular complexity index is 823. The Balaban J connectivity index is 0.00000420. The zero-order valence-electron chi connectivity index (χ0n) is 17.5. The number of guanidine groups is 1. The van der Waals surface area contributed by atoms with E-state index in [1.807, 2.05) is 49.4 Å². The zero-order chi connectivity index (χ0) is 20.5. The van der Waals surface area contributed by atoms with Crippen LogP contribution in [0.2, 0.25) is 0 Å². The van der Waals surface area contributed by atoms with Crippen LogP contribution < -0.4 is 20.1 Å². The van der Waals surface area contributed by atoms with Crippen LogP contribution in [0.3, 0.4) is 0 Å². The van der Waals surface area contributed by atoms with E-state index in [4.69, 9.17) is 9.47 Å². The fourth-order valence-corrected chi connectivity index (χ4v) is 2.55. The Labute approximate surface area is 189 Å². The lowest BCUT2D eigenvalue weighted by Gasteiger charge is -2.15. The largest absolute Gasteiger partial charge is 0.493 e. The maximum absolute atomic E-state index is 12.0. The highest BCUT2D eigenvalue weighted by Crippen LogP contribution is 2.30. The van der Waals surface area contributed by atoms with Crippen molar-refractivity contribution < 1.29 is 14.3 Å². The fourth-order valence-electron chi connectivity index (χ4n) is 2.55. The van der Waals surface area contributed by atoms with Crippen molar-refractivity contribution in [1.29, 1.82) is 0 Å². The summed E-state index contributed by atoms with van der Waals surface area (Å²) in [5.41, 5.74) is 2.54. The highest BCUT2D eigenvalue weighted by molar-refractivity contribution is 14.0. The van der Waals surface area contributed by atoms with Crippen LogP contribution in [0, 0.1) is 0 Å². The number of amides is 1. The number of nitrogens with one attached hydrogen (secondary N) is 2. The standard InChI is InChI=1S/C21H28N4O3.HI/c1-6-28-18-12-11-17(13-19(18)27-5)24-21(22-2)23-14-15-7-9-16(10-8-15)20(26)25(3)4;/h7-13H,6,14H2,1-5H3,(H2,22,23,24);1H. The molecule has 0 spiro atoms. The smallest absolute Gasteiger partial charge is 0.253 e. The van der Waals surface area contributed by atoms with E-state index in [1.54, 1.807) is 33.2 Å². The van der Waals surface area contributed by atoms with E-state index in [-0.39, 0.29) is 29.9 Å². The monoisotopic (exact) mass is 512 g/mol. The van der Waals surface area contributed by atoms with Crippen LogP contribution in [0.15, 0.2) is 47.5 Å². The van der Waals surface area contributed by atoms with E-state index >= 15 is 0 Å². The molecular weight excluding hydrogens is 483 g/mol. The van der Waals surface area contributed by atoms with Gasteiger partial charge in [-0.1, -0.05) is 12.1 Å². The molecule has 0 atom stereocenters. The average molecular weight is 512 g/mol. The number of rotatable bonds is 7. The third kappa shape index (κ3) is 7.12. The highest BCUT2D eigenvalue weighted by atomic mass is 127. The van der Waals surface area contributed by atoms with Crippen molar-refractivity contribution in [2.45, 2.75) is 13.5 Å². The molecule has 2 aromatic carbocycles. The first-order valence-corrected chi connectivity index (χ1v) is 9.07. The van der Waals surface area contributed by atoms with Crippen LogP contribution in [-0.4, -0.2) is 51.6 Å².